The molecule has 0 saturated carbocycles. The predicted octanol–water partition coefficient (Wildman–Crippen LogP) is 2.11. The van der Waals surface area contributed by atoms with Crippen molar-refractivity contribution in [1.82, 2.24) is 15.2 Å². The molecular formula is C16H18BrN3O2. The number of likely N-dealkylation sites (tertiary alicyclic amines) is 1. The first-order valence-corrected chi connectivity index (χ1v) is 8.17. The molecule has 22 heavy (non-hydrogen) atoms. The first-order chi connectivity index (χ1) is 10.6. The molecule has 0 radical (unpaired) electrons. The maximum Gasteiger partial charge on any atom is 0.254 e. The SMILES string of the molecule is CN[C@H]1CCCN(C(=O)c2cc(=O)[nH]c3ccc(Br)cc23)C1. The zero-order chi connectivity index (χ0) is 15.7. The lowest BCUT2D eigenvalue weighted by atomic mass is 10.0. The fourth-order valence-corrected chi connectivity index (χ4v) is 3.33. The van der Waals surface area contributed by atoms with E-state index < -0.39 is 0 Å². The van der Waals surface area contributed by atoms with Crippen LogP contribution in [0.3, 0.4) is 0 Å². The number of halogens is 1. The number of amides is 1. The van der Waals surface area contributed by atoms with E-state index in [1.165, 1.54) is 6.07 Å². The summed E-state index contributed by atoms with van der Waals surface area (Å²) in [5.74, 6) is -0.0749. The normalized spacial score (nSPS) is 18.6. The van der Waals surface area contributed by atoms with Gasteiger partial charge in [-0.05, 0) is 38.1 Å². The van der Waals surface area contributed by atoms with Crippen LogP contribution in [0.4, 0.5) is 0 Å². The van der Waals surface area contributed by atoms with E-state index in [2.05, 4.69) is 26.2 Å². The molecule has 2 N–H and O–H groups in total. The van der Waals surface area contributed by atoms with Gasteiger partial charge < -0.3 is 15.2 Å². The Morgan fingerprint density at radius 2 is 2.23 bits per heavy atom. The van der Waals surface area contributed by atoms with Gasteiger partial charge in [-0.3, -0.25) is 9.59 Å². The summed E-state index contributed by atoms with van der Waals surface area (Å²) in [7, 11) is 1.92. The smallest absolute Gasteiger partial charge is 0.254 e. The fraction of sp³-hybridized carbons (Fsp3) is 0.375. The Kier molecular flexibility index (Phi) is 4.31. The number of fused-ring (bicyclic) bond motifs is 1. The molecule has 1 aromatic heterocycles. The third kappa shape index (κ3) is 2.94. The van der Waals surface area contributed by atoms with E-state index in [0.29, 0.717) is 23.7 Å². The molecule has 0 aliphatic carbocycles. The molecule has 3 rings (SSSR count). The van der Waals surface area contributed by atoms with Gasteiger partial charge >= 0.3 is 0 Å². The predicted molar refractivity (Wildman–Crippen MR) is 90.3 cm³/mol. The lowest BCUT2D eigenvalue weighted by molar-refractivity contribution is 0.0700. The van der Waals surface area contributed by atoms with Crippen molar-refractivity contribution in [3.63, 3.8) is 0 Å². The van der Waals surface area contributed by atoms with Gasteiger partial charge in [-0.1, -0.05) is 15.9 Å². The summed E-state index contributed by atoms with van der Waals surface area (Å²) in [6, 6.07) is 7.25. The summed E-state index contributed by atoms with van der Waals surface area (Å²) >= 11 is 3.42. The zero-order valence-electron chi connectivity index (χ0n) is 12.4. The highest BCUT2D eigenvalue weighted by atomic mass is 79.9. The average molecular weight is 364 g/mol. The van der Waals surface area contributed by atoms with E-state index in [1.54, 1.807) is 0 Å². The minimum atomic E-state index is -0.250. The van der Waals surface area contributed by atoms with E-state index in [9.17, 15) is 9.59 Å². The number of aromatic nitrogens is 1. The molecule has 1 amide bonds. The molecule has 6 heteroatoms. The van der Waals surface area contributed by atoms with Gasteiger partial charge in [0.2, 0.25) is 5.56 Å². The number of carbonyl (C=O) groups excluding carboxylic acids is 1. The van der Waals surface area contributed by atoms with E-state index in [-0.39, 0.29) is 11.5 Å². The van der Waals surface area contributed by atoms with Gasteiger partial charge in [-0.2, -0.15) is 0 Å². The van der Waals surface area contributed by atoms with Crippen molar-refractivity contribution >= 4 is 32.7 Å². The molecule has 116 valence electrons. The second-order valence-corrected chi connectivity index (χ2v) is 6.53. The van der Waals surface area contributed by atoms with Crippen LogP contribution in [-0.2, 0) is 0 Å². The molecule has 0 unspecified atom stereocenters. The minimum absolute atomic E-state index is 0.0749. The molecule has 1 aliphatic heterocycles. The fourth-order valence-electron chi connectivity index (χ4n) is 2.97. The second-order valence-electron chi connectivity index (χ2n) is 5.62. The van der Waals surface area contributed by atoms with Crippen LogP contribution in [0.1, 0.15) is 23.2 Å². The number of likely N-dealkylation sites (N-methyl/N-ethyl adjacent to an activating group) is 1. The summed E-state index contributed by atoms with van der Waals surface area (Å²) < 4.78 is 0.882. The number of H-pyrrole nitrogens is 1. The number of pyridine rings is 1. The Morgan fingerprint density at radius 3 is 3.00 bits per heavy atom. The summed E-state index contributed by atoms with van der Waals surface area (Å²) in [6.07, 6.45) is 2.05. The van der Waals surface area contributed by atoms with Crippen molar-refractivity contribution in [3.8, 4) is 0 Å². The van der Waals surface area contributed by atoms with Crippen LogP contribution in [0.25, 0.3) is 10.9 Å². The van der Waals surface area contributed by atoms with Crippen molar-refractivity contribution < 1.29 is 4.79 Å². The quantitative estimate of drug-likeness (QED) is 0.858. The number of piperidine rings is 1. The highest BCUT2D eigenvalue weighted by molar-refractivity contribution is 9.10. The van der Waals surface area contributed by atoms with Crippen LogP contribution in [0.5, 0.6) is 0 Å². The number of aromatic amines is 1. The van der Waals surface area contributed by atoms with Crippen molar-refractivity contribution in [2.45, 2.75) is 18.9 Å². The van der Waals surface area contributed by atoms with Crippen molar-refractivity contribution in [2.24, 2.45) is 0 Å². The standard InChI is InChI=1S/C16H18BrN3O2/c1-18-11-3-2-6-20(9-11)16(22)13-8-15(21)19-14-5-4-10(17)7-12(13)14/h4-5,7-8,11,18H,2-3,6,9H2,1H3,(H,19,21)/t11-/m0/s1. The van der Waals surface area contributed by atoms with Crippen LogP contribution < -0.4 is 10.9 Å². The molecule has 5 nitrogen and oxygen atoms in total. The number of nitrogens with one attached hydrogen (secondary N) is 2. The van der Waals surface area contributed by atoms with Gasteiger partial charge in [0.25, 0.3) is 5.91 Å². The summed E-state index contributed by atoms with van der Waals surface area (Å²) in [4.78, 5) is 29.3. The summed E-state index contributed by atoms with van der Waals surface area (Å²) in [5.41, 5.74) is 0.901. The minimum Gasteiger partial charge on any atom is -0.337 e. The second kappa shape index (κ2) is 6.22. The molecule has 1 fully saturated rings. The van der Waals surface area contributed by atoms with E-state index >= 15 is 0 Å². The maximum atomic E-state index is 12.9. The number of carbonyl (C=O) groups is 1. The van der Waals surface area contributed by atoms with Crippen LogP contribution in [0.15, 0.2) is 33.5 Å². The lowest BCUT2D eigenvalue weighted by Gasteiger charge is -2.32. The highest BCUT2D eigenvalue weighted by Crippen LogP contribution is 2.22. The van der Waals surface area contributed by atoms with Gasteiger partial charge in [-0.15, -0.1) is 0 Å². The highest BCUT2D eigenvalue weighted by Gasteiger charge is 2.25. The lowest BCUT2D eigenvalue weighted by Crippen LogP contribution is -2.47. The Balaban J connectivity index is 2.03. The van der Waals surface area contributed by atoms with Crippen LogP contribution >= 0.6 is 15.9 Å². The topological polar surface area (TPSA) is 65.2 Å². The summed E-state index contributed by atoms with van der Waals surface area (Å²) in [5, 5.41) is 4.00. The van der Waals surface area contributed by atoms with Gasteiger partial charge in [0, 0.05) is 40.6 Å². The van der Waals surface area contributed by atoms with Gasteiger partial charge in [0.1, 0.15) is 0 Å². The van der Waals surface area contributed by atoms with Gasteiger partial charge in [0.15, 0.2) is 0 Å². The Morgan fingerprint density at radius 1 is 1.41 bits per heavy atom. The first kappa shape index (κ1) is 15.2. The monoisotopic (exact) mass is 363 g/mol. The molecule has 2 aromatic rings. The van der Waals surface area contributed by atoms with E-state index in [1.807, 2.05) is 30.1 Å². The van der Waals surface area contributed by atoms with Crippen molar-refractivity contribution in [1.29, 1.82) is 0 Å². The van der Waals surface area contributed by atoms with Crippen LogP contribution in [-0.4, -0.2) is 42.0 Å². The van der Waals surface area contributed by atoms with Gasteiger partial charge in [-0.25, -0.2) is 0 Å². The Labute approximate surface area is 136 Å². The van der Waals surface area contributed by atoms with Crippen LogP contribution in [0.2, 0.25) is 0 Å². The maximum absolute atomic E-state index is 12.9. The number of nitrogens with zero attached hydrogens (tertiary/aromatic N) is 1. The molecule has 2 heterocycles. The average Bonchev–Trinajstić information content (AvgIpc) is 2.54. The number of hydrogen-bond acceptors (Lipinski definition) is 3. The summed E-state index contributed by atoms with van der Waals surface area (Å²) in [6.45, 7) is 1.41. The van der Waals surface area contributed by atoms with Gasteiger partial charge in [0.05, 0.1) is 5.56 Å². The molecule has 0 bridgehead atoms. The van der Waals surface area contributed by atoms with Crippen molar-refractivity contribution in [3.05, 3.63) is 44.7 Å². The molecule has 1 saturated heterocycles. The number of hydrogen-bond donors (Lipinski definition) is 2. The van der Waals surface area contributed by atoms with E-state index in [4.69, 9.17) is 0 Å². The first-order valence-electron chi connectivity index (χ1n) is 7.37. The molecule has 1 aromatic carbocycles. The molecule has 0 spiro atoms. The third-order valence-electron chi connectivity index (χ3n) is 4.15. The Hall–Kier alpha value is -1.66. The molecule has 1 aliphatic rings. The van der Waals surface area contributed by atoms with E-state index in [0.717, 1.165) is 29.2 Å². The number of benzene rings is 1. The van der Waals surface area contributed by atoms with Crippen LogP contribution in [0, 0.1) is 0 Å². The number of rotatable bonds is 2. The van der Waals surface area contributed by atoms with Crippen molar-refractivity contribution in [2.75, 3.05) is 20.1 Å². The largest absolute Gasteiger partial charge is 0.337 e. The third-order valence-corrected chi connectivity index (χ3v) is 4.65. The zero-order valence-corrected chi connectivity index (χ0v) is 13.9. The molecule has 1 atom stereocenters. The Bertz CT molecular complexity index is 772. The molecular weight excluding hydrogens is 346 g/mol.